The molecule has 0 spiro atoms. The van der Waals surface area contributed by atoms with E-state index in [2.05, 4.69) is 4.90 Å². The molecule has 18 heavy (non-hydrogen) atoms. The van der Waals surface area contributed by atoms with Crippen molar-refractivity contribution in [3.63, 3.8) is 0 Å². The lowest BCUT2D eigenvalue weighted by molar-refractivity contribution is -0.138. The molecule has 1 aliphatic heterocycles. The van der Waals surface area contributed by atoms with Crippen molar-refractivity contribution >= 4 is 17.6 Å². The molecular weight excluding hydrogens is 252 g/mol. The van der Waals surface area contributed by atoms with Crippen molar-refractivity contribution in [2.24, 2.45) is 0 Å². The van der Waals surface area contributed by atoms with Crippen molar-refractivity contribution in [2.75, 3.05) is 32.7 Å². The standard InChI is InChI=1S/C13H17ClN2O2/c14-12-4-2-1-3-11(12)9-15-5-7-16(8-6-15)10-13(17)18/h1-4H,5-10H2,(H,17,18). The van der Waals surface area contributed by atoms with Gasteiger partial charge in [0.1, 0.15) is 0 Å². The Hall–Kier alpha value is -1.10. The molecule has 4 nitrogen and oxygen atoms in total. The summed E-state index contributed by atoms with van der Waals surface area (Å²) in [5.41, 5.74) is 1.13. The van der Waals surface area contributed by atoms with Crippen LogP contribution in [0.3, 0.4) is 0 Å². The number of halogens is 1. The Kier molecular flexibility index (Phi) is 4.58. The van der Waals surface area contributed by atoms with E-state index in [4.69, 9.17) is 16.7 Å². The van der Waals surface area contributed by atoms with Crippen LogP contribution in [-0.4, -0.2) is 53.6 Å². The Morgan fingerprint density at radius 3 is 2.39 bits per heavy atom. The van der Waals surface area contributed by atoms with E-state index in [0.29, 0.717) is 0 Å². The maximum Gasteiger partial charge on any atom is 0.317 e. The van der Waals surface area contributed by atoms with Gasteiger partial charge in [0.25, 0.3) is 0 Å². The van der Waals surface area contributed by atoms with Gasteiger partial charge in [0, 0.05) is 37.7 Å². The number of nitrogens with zero attached hydrogens (tertiary/aromatic N) is 2. The lowest BCUT2D eigenvalue weighted by Crippen LogP contribution is -2.47. The van der Waals surface area contributed by atoms with E-state index in [1.54, 1.807) is 0 Å². The second-order valence-corrected chi connectivity index (χ2v) is 4.94. The molecule has 1 aliphatic rings. The molecule has 0 saturated carbocycles. The predicted molar refractivity (Wildman–Crippen MR) is 70.8 cm³/mol. The van der Waals surface area contributed by atoms with Crippen molar-refractivity contribution < 1.29 is 9.90 Å². The zero-order chi connectivity index (χ0) is 13.0. The molecule has 0 aromatic heterocycles. The van der Waals surface area contributed by atoms with Gasteiger partial charge in [-0.05, 0) is 11.6 Å². The average Bonchev–Trinajstić information content (AvgIpc) is 2.34. The minimum Gasteiger partial charge on any atom is -0.480 e. The number of carboxylic acid groups (broad SMARTS) is 1. The number of hydrogen-bond donors (Lipinski definition) is 1. The number of hydrogen-bond acceptors (Lipinski definition) is 3. The van der Waals surface area contributed by atoms with Gasteiger partial charge in [-0.1, -0.05) is 29.8 Å². The molecule has 2 rings (SSSR count). The molecule has 0 bridgehead atoms. The molecule has 1 N–H and O–H groups in total. The van der Waals surface area contributed by atoms with E-state index in [-0.39, 0.29) is 6.54 Å². The second-order valence-electron chi connectivity index (χ2n) is 4.54. The molecule has 0 unspecified atom stereocenters. The van der Waals surface area contributed by atoms with E-state index in [0.717, 1.165) is 43.3 Å². The normalized spacial score (nSPS) is 17.8. The quantitative estimate of drug-likeness (QED) is 0.900. The van der Waals surface area contributed by atoms with Crippen molar-refractivity contribution in [1.82, 2.24) is 9.80 Å². The van der Waals surface area contributed by atoms with Crippen LogP contribution in [0.25, 0.3) is 0 Å². The smallest absolute Gasteiger partial charge is 0.317 e. The molecule has 0 amide bonds. The van der Waals surface area contributed by atoms with E-state index in [1.807, 2.05) is 29.2 Å². The van der Waals surface area contributed by atoms with Crippen LogP contribution in [0.2, 0.25) is 5.02 Å². The summed E-state index contributed by atoms with van der Waals surface area (Å²) >= 11 is 6.13. The van der Waals surface area contributed by atoms with E-state index in [9.17, 15) is 4.79 Å². The molecular formula is C13H17ClN2O2. The summed E-state index contributed by atoms with van der Waals surface area (Å²) in [5, 5.41) is 9.53. The molecule has 0 radical (unpaired) electrons. The van der Waals surface area contributed by atoms with Gasteiger partial charge in [-0.15, -0.1) is 0 Å². The van der Waals surface area contributed by atoms with Crippen LogP contribution < -0.4 is 0 Å². The first-order chi connectivity index (χ1) is 8.65. The van der Waals surface area contributed by atoms with Crippen molar-refractivity contribution in [2.45, 2.75) is 6.54 Å². The Morgan fingerprint density at radius 1 is 1.17 bits per heavy atom. The number of carbonyl (C=O) groups is 1. The zero-order valence-electron chi connectivity index (χ0n) is 10.2. The summed E-state index contributed by atoms with van der Waals surface area (Å²) in [4.78, 5) is 14.9. The first-order valence-electron chi connectivity index (χ1n) is 6.05. The minimum atomic E-state index is -0.755. The highest BCUT2D eigenvalue weighted by molar-refractivity contribution is 6.31. The van der Waals surface area contributed by atoms with Gasteiger partial charge in [-0.25, -0.2) is 0 Å². The van der Waals surface area contributed by atoms with Crippen LogP contribution in [0.15, 0.2) is 24.3 Å². The molecule has 98 valence electrons. The van der Waals surface area contributed by atoms with Gasteiger partial charge < -0.3 is 5.11 Å². The highest BCUT2D eigenvalue weighted by atomic mass is 35.5. The van der Waals surface area contributed by atoms with Crippen LogP contribution in [0, 0.1) is 0 Å². The fourth-order valence-corrected chi connectivity index (χ4v) is 2.36. The Morgan fingerprint density at radius 2 is 1.78 bits per heavy atom. The average molecular weight is 269 g/mol. The van der Waals surface area contributed by atoms with Crippen LogP contribution in [0.5, 0.6) is 0 Å². The Labute approximate surface area is 112 Å². The summed E-state index contributed by atoms with van der Waals surface area (Å²) in [5.74, 6) is -0.755. The maximum atomic E-state index is 10.6. The van der Waals surface area contributed by atoms with Gasteiger partial charge in [-0.2, -0.15) is 0 Å². The largest absolute Gasteiger partial charge is 0.480 e. The lowest BCUT2D eigenvalue weighted by atomic mass is 10.2. The number of carboxylic acids is 1. The topological polar surface area (TPSA) is 43.8 Å². The molecule has 1 saturated heterocycles. The fraction of sp³-hybridized carbons (Fsp3) is 0.462. The van der Waals surface area contributed by atoms with Gasteiger partial charge >= 0.3 is 5.97 Å². The number of rotatable bonds is 4. The van der Waals surface area contributed by atoms with E-state index < -0.39 is 5.97 Å². The maximum absolute atomic E-state index is 10.6. The van der Waals surface area contributed by atoms with E-state index >= 15 is 0 Å². The van der Waals surface area contributed by atoms with Crippen molar-refractivity contribution in [3.8, 4) is 0 Å². The lowest BCUT2D eigenvalue weighted by Gasteiger charge is -2.33. The summed E-state index contributed by atoms with van der Waals surface area (Å²) in [6, 6.07) is 7.85. The van der Waals surface area contributed by atoms with Gasteiger partial charge in [0.15, 0.2) is 0 Å². The van der Waals surface area contributed by atoms with Crippen LogP contribution >= 0.6 is 11.6 Å². The Balaban J connectivity index is 1.84. The first-order valence-corrected chi connectivity index (χ1v) is 6.43. The molecule has 1 aromatic carbocycles. The van der Waals surface area contributed by atoms with Gasteiger partial charge in [0.2, 0.25) is 0 Å². The van der Waals surface area contributed by atoms with E-state index in [1.165, 1.54) is 0 Å². The number of benzene rings is 1. The molecule has 1 fully saturated rings. The Bertz CT molecular complexity index is 417. The third-order valence-corrected chi connectivity index (χ3v) is 3.54. The summed E-state index contributed by atoms with van der Waals surface area (Å²) < 4.78 is 0. The monoisotopic (exact) mass is 268 g/mol. The number of aliphatic carboxylic acids is 1. The third-order valence-electron chi connectivity index (χ3n) is 3.18. The predicted octanol–water partition coefficient (Wildman–Crippen LogP) is 1.54. The summed E-state index contributed by atoms with van der Waals surface area (Å²) in [7, 11) is 0. The van der Waals surface area contributed by atoms with Crippen LogP contribution in [-0.2, 0) is 11.3 Å². The van der Waals surface area contributed by atoms with Crippen LogP contribution in [0.1, 0.15) is 5.56 Å². The number of piperazine rings is 1. The SMILES string of the molecule is O=C(O)CN1CCN(Cc2ccccc2Cl)CC1. The first kappa shape index (κ1) is 13.3. The molecule has 1 heterocycles. The van der Waals surface area contributed by atoms with Crippen molar-refractivity contribution in [3.05, 3.63) is 34.9 Å². The summed E-state index contributed by atoms with van der Waals surface area (Å²) in [6.07, 6.45) is 0. The molecule has 5 heteroatoms. The molecule has 0 aliphatic carbocycles. The highest BCUT2D eigenvalue weighted by Gasteiger charge is 2.18. The molecule has 1 aromatic rings. The van der Waals surface area contributed by atoms with Gasteiger partial charge in [-0.3, -0.25) is 14.6 Å². The fourth-order valence-electron chi connectivity index (χ4n) is 2.16. The highest BCUT2D eigenvalue weighted by Crippen LogP contribution is 2.17. The zero-order valence-corrected chi connectivity index (χ0v) is 10.9. The second kappa shape index (κ2) is 6.18. The molecule has 0 atom stereocenters. The van der Waals surface area contributed by atoms with Gasteiger partial charge in [0.05, 0.1) is 6.54 Å². The van der Waals surface area contributed by atoms with Crippen LogP contribution in [0.4, 0.5) is 0 Å². The minimum absolute atomic E-state index is 0.139. The van der Waals surface area contributed by atoms with Crippen molar-refractivity contribution in [1.29, 1.82) is 0 Å². The third kappa shape index (κ3) is 3.70. The summed E-state index contributed by atoms with van der Waals surface area (Å²) in [6.45, 7) is 4.35.